The number of carboxylic acids is 1. The minimum atomic E-state index is -1.17. The third-order valence-electron chi connectivity index (χ3n) is 4.22. The fourth-order valence-electron chi connectivity index (χ4n) is 2.71. The lowest BCUT2D eigenvalue weighted by atomic mass is 10.1. The molecule has 22 heavy (non-hydrogen) atoms. The Labute approximate surface area is 137 Å². The van der Waals surface area contributed by atoms with Gasteiger partial charge in [0.15, 0.2) is 0 Å². The van der Waals surface area contributed by atoms with E-state index < -0.39 is 11.4 Å². The van der Waals surface area contributed by atoms with Gasteiger partial charge in [0, 0.05) is 32.4 Å². The van der Waals surface area contributed by atoms with E-state index in [0.29, 0.717) is 54.9 Å². The smallest absolute Gasteiger partial charge is 0.319 e. The molecule has 0 radical (unpaired) electrons. The van der Waals surface area contributed by atoms with Gasteiger partial charge in [0.2, 0.25) is 5.91 Å². The van der Waals surface area contributed by atoms with Crippen molar-refractivity contribution >= 4 is 40.9 Å². The number of carboxylic acid groups (broad SMARTS) is 1. The molecular weight excluding hydrogens is 329 g/mol. The van der Waals surface area contributed by atoms with Crippen LogP contribution in [0.25, 0.3) is 0 Å². The van der Waals surface area contributed by atoms with Gasteiger partial charge in [-0.05, 0) is 18.9 Å². The highest BCUT2D eigenvalue weighted by Gasteiger charge is 2.58. The van der Waals surface area contributed by atoms with Crippen molar-refractivity contribution in [3.63, 3.8) is 0 Å². The number of anilines is 1. The predicted octanol–water partition coefficient (Wildman–Crippen LogP) is 1.90. The molecule has 118 valence electrons. The minimum Gasteiger partial charge on any atom is -0.480 e. The standard InChI is InChI=1S/C14H15Cl2N3O3/c15-9-7-10(16)11(17-8-9)18-3-5-19(6-4-18)12(20)14(1-2-14)13(21)22/h7-8H,1-6H2,(H,21,22). The van der Waals surface area contributed by atoms with E-state index in [-0.39, 0.29) is 5.91 Å². The summed E-state index contributed by atoms with van der Waals surface area (Å²) in [5.74, 6) is -0.644. The number of piperazine rings is 1. The molecule has 3 rings (SSSR count). The minimum absolute atomic E-state index is 0.269. The van der Waals surface area contributed by atoms with E-state index in [1.165, 1.54) is 6.20 Å². The molecule has 1 amide bonds. The van der Waals surface area contributed by atoms with E-state index >= 15 is 0 Å². The first-order valence-corrected chi connectivity index (χ1v) is 7.78. The highest BCUT2D eigenvalue weighted by Crippen LogP contribution is 2.47. The molecule has 1 aromatic rings. The number of aliphatic carboxylic acids is 1. The zero-order chi connectivity index (χ0) is 15.9. The molecule has 2 aliphatic rings. The predicted molar refractivity (Wildman–Crippen MR) is 82.4 cm³/mol. The number of nitrogens with zero attached hydrogens (tertiary/aromatic N) is 3. The van der Waals surface area contributed by atoms with Crippen molar-refractivity contribution in [3.05, 3.63) is 22.3 Å². The molecule has 1 N–H and O–H groups in total. The van der Waals surface area contributed by atoms with Crippen LogP contribution in [0.1, 0.15) is 12.8 Å². The van der Waals surface area contributed by atoms with Crippen LogP contribution in [0.2, 0.25) is 10.0 Å². The van der Waals surface area contributed by atoms with Crippen molar-refractivity contribution < 1.29 is 14.7 Å². The molecule has 1 aliphatic carbocycles. The second-order valence-electron chi connectivity index (χ2n) is 5.63. The molecule has 1 saturated carbocycles. The second-order valence-corrected chi connectivity index (χ2v) is 6.47. The maximum Gasteiger partial charge on any atom is 0.319 e. The average Bonchev–Trinajstić information content (AvgIpc) is 3.28. The Morgan fingerprint density at radius 3 is 2.32 bits per heavy atom. The van der Waals surface area contributed by atoms with Gasteiger partial charge in [0.05, 0.1) is 10.0 Å². The summed E-state index contributed by atoms with van der Waals surface area (Å²) in [6.07, 6.45) is 2.40. The first-order valence-electron chi connectivity index (χ1n) is 7.03. The van der Waals surface area contributed by atoms with Gasteiger partial charge >= 0.3 is 5.97 Å². The van der Waals surface area contributed by atoms with Crippen LogP contribution in [0.5, 0.6) is 0 Å². The van der Waals surface area contributed by atoms with Gasteiger partial charge in [-0.2, -0.15) is 0 Å². The van der Waals surface area contributed by atoms with Gasteiger partial charge in [0.1, 0.15) is 11.2 Å². The van der Waals surface area contributed by atoms with Crippen LogP contribution in [-0.2, 0) is 9.59 Å². The molecule has 6 nitrogen and oxygen atoms in total. The van der Waals surface area contributed by atoms with Crippen LogP contribution in [0, 0.1) is 5.41 Å². The van der Waals surface area contributed by atoms with Crippen LogP contribution in [0.15, 0.2) is 12.3 Å². The second kappa shape index (κ2) is 5.59. The third kappa shape index (κ3) is 2.61. The Kier molecular flexibility index (Phi) is 3.91. The molecule has 0 aromatic carbocycles. The number of carbonyl (C=O) groups excluding carboxylic acids is 1. The molecule has 0 unspecified atom stereocenters. The summed E-state index contributed by atoms with van der Waals surface area (Å²) in [7, 11) is 0. The van der Waals surface area contributed by atoms with E-state index in [4.69, 9.17) is 23.2 Å². The van der Waals surface area contributed by atoms with Crippen LogP contribution in [0.4, 0.5) is 5.82 Å². The Morgan fingerprint density at radius 1 is 1.18 bits per heavy atom. The monoisotopic (exact) mass is 343 g/mol. The number of rotatable bonds is 3. The van der Waals surface area contributed by atoms with Crippen molar-refractivity contribution in [1.29, 1.82) is 0 Å². The maximum atomic E-state index is 12.3. The highest BCUT2D eigenvalue weighted by atomic mass is 35.5. The maximum absolute atomic E-state index is 12.3. The Morgan fingerprint density at radius 2 is 1.82 bits per heavy atom. The van der Waals surface area contributed by atoms with E-state index in [1.54, 1.807) is 11.0 Å². The SMILES string of the molecule is O=C(O)C1(C(=O)N2CCN(c3ncc(Cl)cc3Cl)CC2)CC1. The van der Waals surface area contributed by atoms with Crippen LogP contribution >= 0.6 is 23.2 Å². The molecule has 2 fully saturated rings. The highest BCUT2D eigenvalue weighted by molar-refractivity contribution is 6.36. The zero-order valence-electron chi connectivity index (χ0n) is 11.8. The van der Waals surface area contributed by atoms with Crippen molar-refractivity contribution in [2.24, 2.45) is 5.41 Å². The summed E-state index contributed by atoms with van der Waals surface area (Å²) in [5.41, 5.74) is -1.17. The molecule has 2 heterocycles. The van der Waals surface area contributed by atoms with Gasteiger partial charge in [-0.1, -0.05) is 23.2 Å². The largest absolute Gasteiger partial charge is 0.480 e. The average molecular weight is 344 g/mol. The number of pyridine rings is 1. The number of hydrogen-bond donors (Lipinski definition) is 1. The van der Waals surface area contributed by atoms with Gasteiger partial charge in [0.25, 0.3) is 0 Å². The molecule has 0 atom stereocenters. The van der Waals surface area contributed by atoms with Crippen LogP contribution in [0.3, 0.4) is 0 Å². The zero-order valence-corrected chi connectivity index (χ0v) is 13.3. The van der Waals surface area contributed by atoms with Gasteiger partial charge in [-0.25, -0.2) is 4.98 Å². The fraction of sp³-hybridized carbons (Fsp3) is 0.500. The van der Waals surface area contributed by atoms with E-state index in [9.17, 15) is 14.7 Å². The fourth-order valence-corrected chi connectivity index (χ4v) is 3.21. The Balaban J connectivity index is 1.65. The van der Waals surface area contributed by atoms with E-state index in [0.717, 1.165) is 0 Å². The van der Waals surface area contributed by atoms with Gasteiger partial charge < -0.3 is 14.9 Å². The van der Waals surface area contributed by atoms with Crippen LogP contribution in [-0.4, -0.2) is 53.0 Å². The summed E-state index contributed by atoms with van der Waals surface area (Å²) in [5, 5.41) is 10.1. The normalized spacial score (nSPS) is 19.9. The van der Waals surface area contributed by atoms with E-state index in [1.807, 2.05) is 4.90 Å². The number of aromatic nitrogens is 1. The Hall–Kier alpha value is -1.53. The van der Waals surface area contributed by atoms with Crippen molar-refractivity contribution in [2.45, 2.75) is 12.8 Å². The number of hydrogen-bond acceptors (Lipinski definition) is 4. The van der Waals surface area contributed by atoms with E-state index in [2.05, 4.69) is 4.98 Å². The molecule has 1 aromatic heterocycles. The topological polar surface area (TPSA) is 73.7 Å². The lowest BCUT2D eigenvalue weighted by Crippen LogP contribution is -2.52. The molecule has 0 spiro atoms. The van der Waals surface area contributed by atoms with Gasteiger partial charge in [-0.3, -0.25) is 9.59 Å². The Bertz CT molecular complexity index is 626. The first kappa shape index (κ1) is 15.4. The van der Waals surface area contributed by atoms with Crippen LogP contribution < -0.4 is 4.90 Å². The quantitative estimate of drug-likeness (QED) is 0.848. The van der Waals surface area contributed by atoms with Crippen molar-refractivity contribution in [2.75, 3.05) is 31.1 Å². The lowest BCUT2D eigenvalue weighted by Gasteiger charge is -2.36. The summed E-state index contributed by atoms with van der Waals surface area (Å²) >= 11 is 12.0. The number of carbonyl (C=O) groups is 2. The molecule has 0 bridgehead atoms. The summed E-state index contributed by atoms with van der Waals surface area (Å²) < 4.78 is 0. The number of halogens is 2. The number of amides is 1. The molecule has 1 saturated heterocycles. The lowest BCUT2D eigenvalue weighted by molar-refractivity contribution is -0.153. The molecule has 1 aliphatic heterocycles. The van der Waals surface area contributed by atoms with Crippen molar-refractivity contribution in [1.82, 2.24) is 9.88 Å². The first-order chi connectivity index (χ1) is 10.4. The van der Waals surface area contributed by atoms with Crippen molar-refractivity contribution in [3.8, 4) is 0 Å². The molecule has 8 heteroatoms. The van der Waals surface area contributed by atoms with Gasteiger partial charge in [-0.15, -0.1) is 0 Å². The third-order valence-corrected chi connectivity index (χ3v) is 4.71. The molecular formula is C14H15Cl2N3O3. The summed E-state index contributed by atoms with van der Waals surface area (Å²) in [6, 6.07) is 1.63. The summed E-state index contributed by atoms with van der Waals surface area (Å²) in [6.45, 7) is 2.06. The summed E-state index contributed by atoms with van der Waals surface area (Å²) in [4.78, 5) is 31.4.